The summed E-state index contributed by atoms with van der Waals surface area (Å²) in [5.74, 6) is 2.98. The van der Waals surface area contributed by atoms with Crippen molar-refractivity contribution in [3.05, 3.63) is 0 Å². The monoisotopic (exact) mass is 631 g/mol. The van der Waals surface area contributed by atoms with Crippen LogP contribution in [0.4, 0.5) is 0 Å². The van der Waals surface area contributed by atoms with Crippen molar-refractivity contribution in [1.29, 1.82) is 0 Å². The van der Waals surface area contributed by atoms with E-state index in [-0.39, 0.29) is 30.0 Å². The number of aliphatic hydroxyl groups is 1. The summed E-state index contributed by atoms with van der Waals surface area (Å²) in [5.41, 5.74) is 0.682. The Kier molecular flexibility index (Phi) is 8.61. The average molecular weight is 632 g/mol. The number of morpholine rings is 1. The van der Waals surface area contributed by atoms with Crippen LogP contribution in [0.1, 0.15) is 113 Å². The Morgan fingerprint density at radius 3 is 2.49 bits per heavy atom. The number of nitrogens with zero attached hydrogens (tertiary/aromatic N) is 1. The quantitative estimate of drug-likeness (QED) is 0.314. The minimum Gasteiger partial charge on any atom is -0.388 e. The number of hydrogen-bond donors (Lipinski definition) is 1. The van der Waals surface area contributed by atoms with Crippen LogP contribution >= 0.6 is 0 Å². The molecule has 2 saturated heterocycles. The van der Waals surface area contributed by atoms with E-state index < -0.39 is 5.60 Å². The van der Waals surface area contributed by atoms with Crippen molar-refractivity contribution in [3.8, 4) is 0 Å². The Bertz CT molecular complexity index is 1080. The molecule has 0 aromatic carbocycles. The Morgan fingerprint density at radius 2 is 1.76 bits per heavy atom. The lowest BCUT2D eigenvalue weighted by Crippen LogP contribution is -2.56. The Balaban J connectivity index is 1.04. The van der Waals surface area contributed by atoms with E-state index in [1.165, 1.54) is 57.8 Å². The third-order valence-electron chi connectivity index (χ3n) is 15.4. The van der Waals surface area contributed by atoms with Crippen LogP contribution in [-0.2, 0) is 23.7 Å². The highest BCUT2D eigenvalue weighted by atomic mass is 16.7. The van der Waals surface area contributed by atoms with Crippen LogP contribution in [0.2, 0.25) is 0 Å². The molecule has 7 fully saturated rings. The Hall–Kier alpha value is -0.280. The van der Waals surface area contributed by atoms with Crippen LogP contribution in [-0.4, -0.2) is 92.4 Å². The van der Waals surface area contributed by atoms with Crippen LogP contribution < -0.4 is 0 Å². The lowest BCUT2D eigenvalue weighted by Gasteiger charge is -2.60. The van der Waals surface area contributed by atoms with Gasteiger partial charge in [0.2, 0.25) is 0 Å². The predicted octanol–water partition coefficient (Wildman–Crippen LogP) is 6.45. The first-order valence-corrected chi connectivity index (χ1v) is 18.8. The molecule has 7 heteroatoms. The van der Waals surface area contributed by atoms with Gasteiger partial charge in [0.25, 0.3) is 0 Å². The first kappa shape index (κ1) is 33.2. The first-order chi connectivity index (χ1) is 21.3. The Morgan fingerprint density at radius 1 is 0.978 bits per heavy atom. The zero-order chi connectivity index (χ0) is 32.0. The first-order valence-electron chi connectivity index (χ1n) is 18.8. The van der Waals surface area contributed by atoms with Gasteiger partial charge in [-0.3, -0.25) is 4.90 Å². The molecule has 2 aliphatic heterocycles. The largest absolute Gasteiger partial charge is 0.388 e. The number of hydrogen-bond acceptors (Lipinski definition) is 7. The molecule has 45 heavy (non-hydrogen) atoms. The molecule has 0 amide bonds. The molecular formula is C38H65NO6. The van der Waals surface area contributed by atoms with Gasteiger partial charge >= 0.3 is 0 Å². The molecule has 7 aliphatic rings. The van der Waals surface area contributed by atoms with E-state index in [0.29, 0.717) is 40.9 Å². The summed E-state index contributed by atoms with van der Waals surface area (Å²) >= 11 is 0. The normalized spacial score (nSPS) is 48.7. The molecular weight excluding hydrogens is 566 g/mol. The number of fused-ring (bicyclic) bond motifs is 4. The second-order valence-corrected chi connectivity index (χ2v) is 18.1. The molecule has 13 atom stereocenters. The highest BCUT2D eigenvalue weighted by molar-refractivity contribution is 5.29. The molecule has 0 radical (unpaired) electrons. The summed E-state index contributed by atoms with van der Waals surface area (Å²) in [5, 5.41) is 10.9. The molecule has 2 spiro atoms. The third kappa shape index (κ3) is 5.14. The molecule has 7 nitrogen and oxygen atoms in total. The van der Waals surface area contributed by atoms with Gasteiger partial charge in [0.1, 0.15) is 6.10 Å². The van der Waals surface area contributed by atoms with Crippen molar-refractivity contribution >= 4 is 0 Å². The lowest BCUT2D eigenvalue weighted by atomic mass is 9.46. The van der Waals surface area contributed by atoms with E-state index in [1.54, 1.807) is 7.11 Å². The van der Waals surface area contributed by atoms with Crippen LogP contribution in [0.15, 0.2) is 0 Å². The van der Waals surface area contributed by atoms with Crippen LogP contribution in [0.5, 0.6) is 0 Å². The van der Waals surface area contributed by atoms with Gasteiger partial charge in [-0.2, -0.15) is 0 Å². The maximum Gasteiger partial charge on any atom is 0.170 e. The molecule has 8 unspecified atom stereocenters. The molecule has 258 valence electrons. The van der Waals surface area contributed by atoms with Gasteiger partial charge in [0, 0.05) is 32.8 Å². The maximum absolute atomic E-state index is 10.9. The molecule has 5 aliphatic carbocycles. The molecule has 0 bridgehead atoms. The minimum absolute atomic E-state index is 0.00796. The number of methoxy groups -OCH3 is 1. The Labute approximate surface area is 273 Å². The summed E-state index contributed by atoms with van der Waals surface area (Å²) in [6.07, 6.45) is 13.0. The summed E-state index contributed by atoms with van der Waals surface area (Å²) in [6, 6.07) is 0.384. The molecule has 1 N–H and O–H groups in total. The van der Waals surface area contributed by atoms with E-state index in [2.05, 4.69) is 32.6 Å². The fraction of sp³-hybridized carbons (Fsp3) is 1.00. The highest BCUT2D eigenvalue weighted by Crippen LogP contribution is 2.87. The van der Waals surface area contributed by atoms with Gasteiger partial charge < -0.3 is 28.8 Å². The van der Waals surface area contributed by atoms with Gasteiger partial charge in [-0.15, -0.1) is 0 Å². The van der Waals surface area contributed by atoms with E-state index in [4.69, 9.17) is 23.7 Å². The van der Waals surface area contributed by atoms with Crippen LogP contribution in [0, 0.1) is 45.3 Å². The number of rotatable bonds is 9. The second-order valence-electron chi connectivity index (χ2n) is 18.1. The van der Waals surface area contributed by atoms with E-state index >= 15 is 0 Å². The summed E-state index contributed by atoms with van der Waals surface area (Å²) in [6.45, 7) is 19.6. The summed E-state index contributed by atoms with van der Waals surface area (Å²) in [4.78, 5) is 2.47. The maximum atomic E-state index is 10.9. The zero-order valence-corrected chi connectivity index (χ0v) is 29.8. The third-order valence-corrected chi connectivity index (χ3v) is 15.4. The SMILES string of the molecule is CCO[C@@H](C1CCC2C(CC3C4CCC5C(C)(C)[C@@H](OC6CN(C(C)COC)CCO6)CC[C@@]56C[C@@]46CC[C@]23C)O1)C(C)(C)O. The average Bonchev–Trinajstić information content (AvgIpc) is 3.57. The van der Waals surface area contributed by atoms with Gasteiger partial charge in [-0.25, -0.2) is 0 Å². The molecule has 0 aromatic rings. The van der Waals surface area contributed by atoms with Crippen LogP contribution in [0.25, 0.3) is 0 Å². The van der Waals surface area contributed by atoms with Crippen molar-refractivity contribution in [1.82, 2.24) is 4.90 Å². The summed E-state index contributed by atoms with van der Waals surface area (Å²) < 4.78 is 31.7. The molecule has 7 rings (SSSR count). The van der Waals surface area contributed by atoms with E-state index in [1.807, 2.05) is 20.8 Å². The second kappa shape index (κ2) is 11.7. The van der Waals surface area contributed by atoms with Crippen molar-refractivity contribution in [2.24, 2.45) is 45.3 Å². The van der Waals surface area contributed by atoms with Gasteiger partial charge in [0.15, 0.2) is 6.29 Å². The van der Waals surface area contributed by atoms with Gasteiger partial charge in [0.05, 0.1) is 37.1 Å². The summed E-state index contributed by atoms with van der Waals surface area (Å²) in [7, 11) is 1.79. The van der Waals surface area contributed by atoms with Gasteiger partial charge in [-0.1, -0.05) is 20.8 Å². The van der Waals surface area contributed by atoms with Crippen molar-refractivity contribution in [2.75, 3.05) is 40.0 Å². The van der Waals surface area contributed by atoms with Crippen molar-refractivity contribution in [3.63, 3.8) is 0 Å². The van der Waals surface area contributed by atoms with Gasteiger partial charge in [-0.05, 0) is 137 Å². The van der Waals surface area contributed by atoms with E-state index in [0.717, 1.165) is 50.5 Å². The fourth-order valence-electron chi connectivity index (χ4n) is 13.3. The van der Waals surface area contributed by atoms with Crippen molar-refractivity contribution < 1.29 is 28.8 Å². The minimum atomic E-state index is -0.897. The molecule has 5 saturated carbocycles. The predicted molar refractivity (Wildman–Crippen MR) is 175 cm³/mol. The van der Waals surface area contributed by atoms with Crippen LogP contribution in [0.3, 0.4) is 0 Å². The zero-order valence-electron chi connectivity index (χ0n) is 29.8. The molecule has 0 aromatic heterocycles. The fourth-order valence-corrected chi connectivity index (χ4v) is 13.3. The topological polar surface area (TPSA) is 69.6 Å². The van der Waals surface area contributed by atoms with E-state index in [9.17, 15) is 5.11 Å². The smallest absolute Gasteiger partial charge is 0.170 e. The highest BCUT2D eigenvalue weighted by Gasteiger charge is 2.80. The standard InChI is InChI=1S/C38H65NO6/c1-9-42-33(35(5,6)40)28-12-10-26-29(44-28)20-27-25-11-13-30-34(3,4)31(45-32-21-39(18-19-43-32)24(2)22-41-8)14-15-38(30)23-37(25,38)17-16-36(26,27)7/h24-33,40H,9-23H2,1-8H3/t24?,25?,26?,27?,28?,29?,30?,31-,32?,33-,36+,37-,38+/m0/s1. The molecule has 2 heterocycles. The van der Waals surface area contributed by atoms with Crippen molar-refractivity contribution in [2.45, 2.75) is 155 Å². The lowest BCUT2D eigenvalue weighted by molar-refractivity contribution is -0.248. The number of ether oxygens (including phenoxy) is 5.